The Morgan fingerprint density at radius 3 is 2.92 bits per heavy atom. The summed E-state index contributed by atoms with van der Waals surface area (Å²) in [6.07, 6.45) is 3.24. The van der Waals surface area contributed by atoms with E-state index in [4.69, 9.17) is 5.73 Å². The Kier molecular flexibility index (Phi) is 2.32. The first-order valence-corrected chi connectivity index (χ1v) is 3.66. The molecule has 1 atom stereocenters. The highest BCUT2D eigenvalue weighted by atomic mass is 16.2. The number of anilines is 1. The minimum atomic E-state index is -0.308. The molecule has 1 aromatic rings. The van der Waals surface area contributed by atoms with E-state index in [0.717, 1.165) is 0 Å². The molecule has 0 aliphatic carbocycles. The first kappa shape index (κ1) is 8.58. The molecule has 5 heteroatoms. The molecule has 0 saturated heterocycles. The number of hydrogen-bond donors (Lipinski definition) is 2. The van der Waals surface area contributed by atoms with E-state index in [-0.39, 0.29) is 11.9 Å². The maximum absolute atomic E-state index is 11.1. The molecule has 1 aromatic heterocycles. The number of hydrogen-bond acceptors (Lipinski definition) is 3. The Balaban J connectivity index is 2.84. The molecule has 1 unspecified atom stereocenters. The predicted molar refractivity (Wildman–Crippen MR) is 45.4 cm³/mol. The lowest BCUT2D eigenvalue weighted by Crippen LogP contribution is -2.28. The maximum Gasteiger partial charge on any atom is 0.242 e. The number of amides is 1. The summed E-state index contributed by atoms with van der Waals surface area (Å²) in [7, 11) is 1.59. The van der Waals surface area contributed by atoms with Gasteiger partial charge in [-0.2, -0.15) is 0 Å². The molecule has 0 aromatic carbocycles. The zero-order chi connectivity index (χ0) is 9.14. The highest BCUT2D eigenvalue weighted by molar-refractivity contribution is 5.79. The predicted octanol–water partition coefficient (Wildman–Crippen LogP) is -0.228. The fourth-order valence-electron chi connectivity index (χ4n) is 0.987. The average molecular weight is 168 g/mol. The minimum absolute atomic E-state index is 0.0836. The molecule has 66 valence electrons. The van der Waals surface area contributed by atoms with E-state index in [9.17, 15) is 4.79 Å². The number of nitrogen functional groups attached to an aromatic ring is 1. The lowest BCUT2D eigenvalue weighted by atomic mass is 10.3. The molecule has 0 saturated carbocycles. The van der Waals surface area contributed by atoms with Crippen LogP contribution in [0.5, 0.6) is 0 Å². The summed E-state index contributed by atoms with van der Waals surface area (Å²) in [6.45, 7) is 1.76. The summed E-state index contributed by atoms with van der Waals surface area (Å²) < 4.78 is 1.61. The van der Waals surface area contributed by atoms with Crippen molar-refractivity contribution in [2.24, 2.45) is 0 Å². The lowest BCUT2D eigenvalue weighted by Gasteiger charge is -2.12. The van der Waals surface area contributed by atoms with Crippen LogP contribution in [0.15, 0.2) is 12.4 Å². The summed E-state index contributed by atoms with van der Waals surface area (Å²) in [6, 6.07) is -0.308. The normalized spacial score (nSPS) is 12.5. The van der Waals surface area contributed by atoms with E-state index in [1.807, 2.05) is 0 Å². The van der Waals surface area contributed by atoms with Crippen LogP contribution in [0.3, 0.4) is 0 Å². The molecule has 1 amide bonds. The van der Waals surface area contributed by atoms with E-state index in [2.05, 4.69) is 10.3 Å². The highest BCUT2D eigenvalue weighted by Crippen LogP contribution is 2.09. The number of aromatic nitrogens is 2. The Labute approximate surface area is 70.6 Å². The fourth-order valence-corrected chi connectivity index (χ4v) is 0.987. The van der Waals surface area contributed by atoms with E-state index in [1.54, 1.807) is 30.9 Å². The van der Waals surface area contributed by atoms with E-state index >= 15 is 0 Å². The summed E-state index contributed by atoms with van der Waals surface area (Å²) in [5, 5.41) is 2.54. The van der Waals surface area contributed by atoms with Crippen LogP contribution < -0.4 is 11.1 Å². The van der Waals surface area contributed by atoms with E-state index in [0.29, 0.717) is 5.95 Å². The van der Waals surface area contributed by atoms with Crippen LogP contribution in [-0.4, -0.2) is 22.5 Å². The minimum Gasteiger partial charge on any atom is -0.369 e. The number of nitrogens with one attached hydrogen (secondary N) is 1. The molecule has 0 fully saturated rings. The molecule has 3 N–H and O–H groups in total. The summed E-state index contributed by atoms with van der Waals surface area (Å²) in [4.78, 5) is 15.0. The SMILES string of the molecule is CNC(=O)C(C)n1ccnc1N. The van der Waals surface area contributed by atoms with Gasteiger partial charge in [-0.1, -0.05) is 0 Å². The number of imidazole rings is 1. The lowest BCUT2D eigenvalue weighted by molar-refractivity contribution is -0.123. The van der Waals surface area contributed by atoms with Crippen molar-refractivity contribution in [1.29, 1.82) is 0 Å². The molecule has 12 heavy (non-hydrogen) atoms. The molecule has 5 nitrogen and oxygen atoms in total. The van der Waals surface area contributed by atoms with Gasteiger partial charge >= 0.3 is 0 Å². The topological polar surface area (TPSA) is 72.9 Å². The first-order chi connectivity index (χ1) is 5.66. The van der Waals surface area contributed by atoms with Crippen molar-refractivity contribution in [1.82, 2.24) is 14.9 Å². The van der Waals surface area contributed by atoms with Crippen LogP contribution in [-0.2, 0) is 4.79 Å². The molecule has 1 heterocycles. The van der Waals surface area contributed by atoms with Gasteiger partial charge in [-0.3, -0.25) is 4.79 Å². The molecule has 0 aliphatic heterocycles. The number of carbonyl (C=O) groups is 1. The number of nitrogens with two attached hydrogens (primary N) is 1. The van der Waals surface area contributed by atoms with Crippen molar-refractivity contribution in [2.45, 2.75) is 13.0 Å². The fraction of sp³-hybridized carbons (Fsp3) is 0.429. The third-order valence-electron chi connectivity index (χ3n) is 1.74. The van der Waals surface area contributed by atoms with E-state index < -0.39 is 0 Å². The third kappa shape index (κ3) is 1.39. The first-order valence-electron chi connectivity index (χ1n) is 3.66. The Morgan fingerprint density at radius 1 is 1.83 bits per heavy atom. The number of likely N-dealkylation sites (N-methyl/N-ethyl adjacent to an activating group) is 1. The molecule has 1 rings (SSSR count). The highest BCUT2D eigenvalue weighted by Gasteiger charge is 2.14. The van der Waals surface area contributed by atoms with Crippen LogP contribution in [0.2, 0.25) is 0 Å². The number of carbonyl (C=O) groups excluding carboxylic acids is 1. The van der Waals surface area contributed by atoms with Crippen molar-refractivity contribution >= 4 is 11.9 Å². The van der Waals surface area contributed by atoms with Crippen LogP contribution in [0, 0.1) is 0 Å². The Bertz CT molecular complexity index is 281. The van der Waals surface area contributed by atoms with Gasteiger partial charge in [0.05, 0.1) is 0 Å². The summed E-state index contributed by atoms with van der Waals surface area (Å²) in [5.74, 6) is 0.269. The number of rotatable bonds is 2. The maximum atomic E-state index is 11.1. The Morgan fingerprint density at radius 2 is 2.50 bits per heavy atom. The summed E-state index contributed by atoms with van der Waals surface area (Å²) >= 11 is 0. The van der Waals surface area contributed by atoms with Gasteiger partial charge in [0.1, 0.15) is 6.04 Å². The second-order valence-corrected chi connectivity index (χ2v) is 2.48. The van der Waals surface area contributed by atoms with E-state index in [1.165, 1.54) is 0 Å². The summed E-state index contributed by atoms with van der Waals surface area (Å²) in [5.41, 5.74) is 5.51. The monoisotopic (exact) mass is 168 g/mol. The van der Waals surface area contributed by atoms with Crippen LogP contribution in [0.1, 0.15) is 13.0 Å². The second kappa shape index (κ2) is 3.25. The smallest absolute Gasteiger partial charge is 0.242 e. The van der Waals surface area contributed by atoms with Crippen molar-refractivity contribution in [2.75, 3.05) is 12.8 Å². The van der Waals surface area contributed by atoms with Gasteiger partial charge in [0.25, 0.3) is 0 Å². The Hall–Kier alpha value is -1.52. The molecular weight excluding hydrogens is 156 g/mol. The number of nitrogens with zero attached hydrogens (tertiary/aromatic N) is 2. The average Bonchev–Trinajstić information content (AvgIpc) is 2.48. The standard InChI is InChI=1S/C7H12N4O/c1-5(6(12)9-2)11-4-3-10-7(11)8/h3-5H,1-2H3,(H2,8,10)(H,9,12). The van der Waals surface area contributed by atoms with Crippen LogP contribution in [0.4, 0.5) is 5.95 Å². The second-order valence-electron chi connectivity index (χ2n) is 2.48. The molecular formula is C7H12N4O. The quantitative estimate of drug-likeness (QED) is 0.640. The van der Waals surface area contributed by atoms with Crippen LogP contribution >= 0.6 is 0 Å². The van der Waals surface area contributed by atoms with Crippen LogP contribution in [0.25, 0.3) is 0 Å². The van der Waals surface area contributed by atoms with Crippen molar-refractivity contribution < 1.29 is 4.79 Å². The van der Waals surface area contributed by atoms with Gasteiger partial charge in [0, 0.05) is 19.4 Å². The van der Waals surface area contributed by atoms with Crippen molar-refractivity contribution in [3.8, 4) is 0 Å². The largest absolute Gasteiger partial charge is 0.369 e. The van der Waals surface area contributed by atoms with Crippen molar-refractivity contribution in [3.05, 3.63) is 12.4 Å². The molecule has 0 spiro atoms. The van der Waals surface area contributed by atoms with Gasteiger partial charge in [0.15, 0.2) is 0 Å². The van der Waals surface area contributed by atoms with Gasteiger partial charge in [-0.25, -0.2) is 4.98 Å². The third-order valence-corrected chi connectivity index (χ3v) is 1.74. The zero-order valence-corrected chi connectivity index (χ0v) is 7.11. The zero-order valence-electron chi connectivity index (χ0n) is 7.11. The van der Waals surface area contributed by atoms with Crippen molar-refractivity contribution in [3.63, 3.8) is 0 Å². The molecule has 0 bridgehead atoms. The van der Waals surface area contributed by atoms with Gasteiger partial charge in [0.2, 0.25) is 11.9 Å². The van der Waals surface area contributed by atoms with Gasteiger partial charge in [-0.05, 0) is 6.92 Å². The van der Waals surface area contributed by atoms with Gasteiger partial charge in [-0.15, -0.1) is 0 Å². The van der Waals surface area contributed by atoms with Gasteiger partial charge < -0.3 is 15.6 Å². The molecule has 0 radical (unpaired) electrons. The molecule has 0 aliphatic rings.